The molecule has 9 nitrogen and oxygen atoms in total. The first kappa shape index (κ1) is 32.2. The number of unbranched alkanes of at least 4 members (excludes halogenated alkanes) is 3. The first-order valence-corrected chi connectivity index (χ1v) is 12.2. The summed E-state index contributed by atoms with van der Waals surface area (Å²) < 4.78 is 43.0. The zero-order valence-electron chi connectivity index (χ0n) is 21.4. The molecular weight excluding hydrogens is 432 g/mol. The summed E-state index contributed by atoms with van der Waals surface area (Å²) in [6, 6.07) is 0. The molecule has 0 fully saturated rings. The van der Waals surface area contributed by atoms with Gasteiger partial charge in [-0.2, -0.15) is 0 Å². The number of hydrogen-bond acceptors (Lipinski definition) is 9. The van der Waals surface area contributed by atoms with Crippen LogP contribution in [0.25, 0.3) is 0 Å². The van der Waals surface area contributed by atoms with Crippen molar-refractivity contribution < 1.29 is 42.7 Å². The van der Waals surface area contributed by atoms with E-state index in [1.165, 1.54) is 19.3 Å². The van der Waals surface area contributed by atoms with Crippen LogP contribution in [0.5, 0.6) is 0 Å². The molecule has 0 unspecified atom stereocenters. The van der Waals surface area contributed by atoms with Gasteiger partial charge in [-0.15, -0.1) is 0 Å². The van der Waals surface area contributed by atoms with Crippen LogP contribution in [0.4, 0.5) is 0 Å². The van der Waals surface area contributed by atoms with E-state index in [1.807, 2.05) is 20.8 Å². The maximum atomic E-state index is 11.4. The van der Waals surface area contributed by atoms with Gasteiger partial charge in [0.25, 0.3) is 0 Å². The first-order chi connectivity index (χ1) is 16.0. The van der Waals surface area contributed by atoms with E-state index < -0.39 is 5.60 Å². The van der Waals surface area contributed by atoms with Gasteiger partial charge in [-0.3, -0.25) is 0 Å². The lowest BCUT2D eigenvalue weighted by molar-refractivity contribution is -0.160. The number of ether oxygens (including phenoxy) is 8. The normalized spacial score (nSPS) is 11.8. The van der Waals surface area contributed by atoms with Crippen LogP contribution in [-0.4, -0.2) is 104 Å². The highest BCUT2D eigenvalue weighted by atomic mass is 16.6. The molecule has 0 aliphatic rings. The summed E-state index contributed by atoms with van der Waals surface area (Å²) in [7, 11) is 0. The van der Waals surface area contributed by atoms with Crippen molar-refractivity contribution in [2.75, 3.05) is 92.5 Å². The van der Waals surface area contributed by atoms with Crippen molar-refractivity contribution in [2.24, 2.45) is 0 Å². The van der Waals surface area contributed by atoms with Crippen LogP contribution in [-0.2, 0) is 42.7 Å². The molecular formula is C24H48O9. The number of hydrogen-bond donors (Lipinski definition) is 0. The van der Waals surface area contributed by atoms with E-state index in [1.54, 1.807) is 0 Å². The van der Waals surface area contributed by atoms with Crippen LogP contribution in [0.1, 0.15) is 53.4 Å². The van der Waals surface area contributed by atoms with Crippen molar-refractivity contribution in [3.05, 3.63) is 0 Å². The third-order valence-corrected chi connectivity index (χ3v) is 4.01. The second-order valence-electron chi connectivity index (χ2n) is 8.37. The third kappa shape index (κ3) is 29.2. The molecule has 0 aliphatic heterocycles. The summed E-state index contributed by atoms with van der Waals surface area (Å²) in [6.07, 6.45) is 4.89. The van der Waals surface area contributed by atoms with E-state index in [4.69, 9.17) is 37.9 Å². The molecule has 0 bridgehead atoms. The van der Waals surface area contributed by atoms with Gasteiger partial charge in [0.15, 0.2) is 0 Å². The summed E-state index contributed by atoms with van der Waals surface area (Å²) in [6.45, 7) is 14.5. The van der Waals surface area contributed by atoms with Crippen molar-refractivity contribution in [2.45, 2.75) is 59.0 Å². The molecule has 33 heavy (non-hydrogen) atoms. The second-order valence-corrected chi connectivity index (χ2v) is 8.37. The van der Waals surface area contributed by atoms with E-state index >= 15 is 0 Å². The third-order valence-electron chi connectivity index (χ3n) is 4.01. The molecule has 0 saturated carbocycles. The molecule has 0 aliphatic carbocycles. The average molecular weight is 481 g/mol. The lowest BCUT2D eigenvalue weighted by Gasteiger charge is -2.19. The maximum Gasteiger partial charge on any atom is 0.332 e. The maximum absolute atomic E-state index is 11.4. The predicted molar refractivity (Wildman–Crippen MR) is 126 cm³/mol. The molecule has 0 rings (SSSR count). The number of esters is 1. The molecule has 0 aromatic rings. The van der Waals surface area contributed by atoms with Gasteiger partial charge in [-0.05, 0) is 27.2 Å². The van der Waals surface area contributed by atoms with Crippen molar-refractivity contribution in [1.29, 1.82) is 0 Å². The van der Waals surface area contributed by atoms with Crippen molar-refractivity contribution >= 4 is 5.97 Å². The zero-order chi connectivity index (χ0) is 24.5. The molecule has 198 valence electrons. The Morgan fingerprint density at radius 3 is 1.24 bits per heavy atom. The first-order valence-electron chi connectivity index (χ1n) is 12.2. The second kappa shape index (κ2) is 24.3. The predicted octanol–water partition coefficient (Wildman–Crippen LogP) is 3.02. The minimum absolute atomic E-state index is 0.0700. The topological polar surface area (TPSA) is 90.9 Å². The van der Waals surface area contributed by atoms with Crippen molar-refractivity contribution in [3.8, 4) is 0 Å². The van der Waals surface area contributed by atoms with Gasteiger partial charge in [0, 0.05) is 6.61 Å². The molecule has 0 radical (unpaired) electrons. The Hall–Kier alpha value is -0.810. The summed E-state index contributed by atoms with van der Waals surface area (Å²) >= 11 is 0. The van der Waals surface area contributed by atoms with Crippen LogP contribution in [0.2, 0.25) is 0 Å². The lowest BCUT2D eigenvalue weighted by atomic mass is 10.2. The van der Waals surface area contributed by atoms with Gasteiger partial charge < -0.3 is 37.9 Å². The zero-order valence-corrected chi connectivity index (χ0v) is 21.4. The standard InChI is InChI=1S/C24H48O9/c1-5-6-7-8-9-26-10-11-27-12-13-28-14-15-29-16-17-30-18-19-31-20-21-32-22-23(25)33-24(2,3)4/h5-22H2,1-4H3. The Labute approximate surface area is 200 Å². The van der Waals surface area contributed by atoms with Crippen molar-refractivity contribution in [1.82, 2.24) is 0 Å². The van der Waals surface area contributed by atoms with Crippen LogP contribution in [0, 0.1) is 0 Å². The minimum Gasteiger partial charge on any atom is -0.458 e. The summed E-state index contributed by atoms with van der Waals surface area (Å²) in [5, 5.41) is 0. The van der Waals surface area contributed by atoms with Crippen LogP contribution < -0.4 is 0 Å². The van der Waals surface area contributed by atoms with Gasteiger partial charge in [-0.25, -0.2) is 4.79 Å². The highest BCUT2D eigenvalue weighted by Gasteiger charge is 2.15. The number of carbonyl (C=O) groups is 1. The van der Waals surface area contributed by atoms with E-state index in [0.29, 0.717) is 79.3 Å². The SMILES string of the molecule is CCCCCCOCCOCCOCCOCCOCCOCCOCC(=O)OC(C)(C)C. The Morgan fingerprint density at radius 1 is 0.515 bits per heavy atom. The molecule has 0 amide bonds. The number of carbonyl (C=O) groups excluding carboxylic acids is 1. The Morgan fingerprint density at radius 2 is 0.879 bits per heavy atom. The molecule has 0 spiro atoms. The Bertz CT molecular complexity index is 413. The van der Waals surface area contributed by atoms with Crippen LogP contribution >= 0.6 is 0 Å². The fourth-order valence-corrected chi connectivity index (χ4v) is 2.48. The molecule has 0 N–H and O–H groups in total. The highest BCUT2D eigenvalue weighted by molar-refractivity contribution is 5.71. The quantitative estimate of drug-likeness (QED) is 0.144. The molecule has 0 aromatic carbocycles. The van der Waals surface area contributed by atoms with E-state index in [9.17, 15) is 4.79 Å². The largest absolute Gasteiger partial charge is 0.458 e. The Kier molecular flexibility index (Phi) is 23.7. The summed E-state index contributed by atoms with van der Waals surface area (Å²) in [5.74, 6) is -0.376. The fraction of sp³-hybridized carbons (Fsp3) is 0.958. The molecule has 0 saturated heterocycles. The van der Waals surface area contributed by atoms with Crippen molar-refractivity contribution in [3.63, 3.8) is 0 Å². The molecule has 0 aromatic heterocycles. The highest BCUT2D eigenvalue weighted by Crippen LogP contribution is 2.06. The van der Waals surface area contributed by atoms with Gasteiger partial charge >= 0.3 is 5.97 Å². The Balaban J connectivity index is 3.10. The fourth-order valence-electron chi connectivity index (χ4n) is 2.48. The van der Waals surface area contributed by atoms with Crippen LogP contribution in [0.3, 0.4) is 0 Å². The van der Waals surface area contributed by atoms with E-state index in [2.05, 4.69) is 6.92 Å². The molecule has 0 atom stereocenters. The molecule has 0 heterocycles. The summed E-state index contributed by atoms with van der Waals surface area (Å²) in [5.41, 5.74) is -0.497. The smallest absolute Gasteiger partial charge is 0.332 e. The van der Waals surface area contributed by atoms with Gasteiger partial charge in [0.05, 0.1) is 79.3 Å². The van der Waals surface area contributed by atoms with E-state index in [0.717, 1.165) is 13.0 Å². The van der Waals surface area contributed by atoms with E-state index in [-0.39, 0.29) is 12.6 Å². The lowest BCUT2D eigenvalue weighted by Crippen LogP contribution is -2.27. The van der Waals surface area contributed by atoms with Crippen LogP contribution in [0.15, 0.2) is 0 Å². The summed E-state index contributed by atoms with van der Waals surface area (Å²) in [4.78, 5) is 11.4. The van der Waals surface area contributed by atoms with Gasteiger partial charge in [-0.1, -0.05) is 26.2 Å². The minimum atomic E-state index is -0.497. The van der Waals surface area contributed by atoms with Gasteiger partial charge in [0.1, 0.15) is 12.2 Å². The van der Waals surface area contributed by atoms with Gasteiger partial charge in [0.2, 0.25) is 0 Å². The average Bonchev–Trinajstić information content (AvgIpc) is 2.75. The molecule has 9 heteroatoms. The monoisotopic (exact) mass is 480 g/mol. The number of rotatable bonds is 25.